The second-order valence-electron chi connectivity index (χ2n) is 0.0833. The van der Waals surface area contributed by atoms with Crippen LogP contribution in [0.4, 0.5) is 0 Å². The van der Waals surface area contributed by atoms with Crippen LogP contribution >= 0.6 is 18.2 Å². The van der Waals surface area contributed by atoms with E-state index in [1.54, 1.807) is 0 Å². The molecule has 30 valence electrons. The molecule has 0 aromatic carbocycles. The Morgan fingerprint density at radius 2 is 1.40 bits per heavy atom. The molecule has 0 saturated carbocycles. The van der Waals surface area contributed by atoms with Crippen molar-refractivity contribution in [2.45, 2.75) is 0 Å². The summed E-state index contributed by atoms with van der Waals surface area (Å²) in [6.45, 7) is 0. The topological polar surface area (TPSA) is 34.1 Å². The van der Waals surface area contributed by atoms with E-state index in [0.717, 1.165) is 0 Å². The van der Waals surface area contributed by atoms with Gasteiger partial charge in [-0.15, -0.1) is 0 Å². The fourth-order valence-electron chi connectivity index (χ4n) is 0. The van der Waals surface area contributed by atoms with Crippen molar-refractivity contribution in [2.75, 3.05) is 0 Å². The van der Waals surface area contributed by atoms with Gasteiger partial charge in [0.1, 0.15) is 0 Å². The molecule has 5 heavy (non-hydrogen) atoms. The molecule has 0 aliphatic rings. The summed E-state index contributed by atoms with van der Waals surface area (Å²) in [5.41, 5.74) is 0. The number of hydrogen-bond acceptors (Lipinski definition) is 3. The Morgan fingerprint density at radius 1 is 1.40 bits per heavy atom. The first-order valence-corrected chi connectivity index (χ1v) is 4.18. The van der Waals surface area contributed by atoms with Crippen LogP contribution in [0.15, 0.2) is 0 Å². The van der Waals surface area contributed by atoms with Gasteiger partial charge in [0.15, 0.2) is 0 Å². The van der Waals surface area contributed by atoms with E-state index in [4.69, 9.17) is 9.13 Å². The third-order valence-corrected chi connectivity index (χ3v) is 0. The van der Waals surface area contributed by atoms with Crippen molar-refractivity contribution in [3.8, 4) is 0 Å². The summed E-state index contributed by atoms with van der Waals surface area (Å²) in [6, 6.07) is 0. The predicted octanol–water partition coefficient (Wildman–Crippen LogP) is 1.00. The maximum atomic E-state index is 8.40. The molecule has 0 heterocycles. The zero-order chi connectivity index (χ0) is 4.71. The summed E-state index contributed by atoms with van der Waals surface area (Å²) < 4.78 is 16.8. The van der Waals surface area contributed by atoms with Crippen LogP contribution in [0.5, 0.6) is 0 Å². The first-order valence-electron chi connectivity index (χ1n) is 0.575. The number of rotatable bonds is 0. The Kier molecular flexibility index (Phi) is 39.5. The van der Waals surface area contributed by atoms with Gasteiger partial charge in [-0.05, 0) is 0 Å². The van der Waals surface area contributed by atoms with Crippen LogP contribution in [0, 0.1) is 0 Å². The van der Waals surface area contributed by atoms with Crippen LogP contribution < -0.4 is 0 Å². The maximum absolute atomic E-state index is 8.40. The van der Waals surface area contributed by atoms with Crippen molar-refractivity contribution in [3.05, 3.63) is 0 Å². The normalized spacial score (nSPS) is 3.20. The van der Waals surface area contributed by atoms with Crippen molar-refractivity contribution < 1.29 is 27.1 Å². The van der Waals surface area contributed by atoms with E-state index >= 15 is 0 Å². The van der Waals surface area contributed by atoms with Gasteiger partial charge in [0.2, 0.25) is 0 Å². The van der Waals surface area contributed by atoms with E-state index in [1.807, 2.05) is 0 Å². The van der Waals surface area contributed by atoms with Gasteiger partial charge in [0.05, 0.1) is 0 Å². The third-order valence-electron chi connectivity index (χ3n) is 0. The Morgan fingerprint density at radius 3 is 1.40 bits per heavy atom. The van der Waals surface area contributed by atoms with Crippen molar-refractivity contribution in [1.29, 1.82) is 0 Å². The average Bonchev–Trinajstić information content (AvgIpc) is 1.46. The van der Waals surface area contributed by atoms with Crippen molar-refractivity contribution in [2.24, 2.45) is 0 Å². The predicted molar refractivity (Wildman–Crippen MR) is 17.3 cm³/mol. The number of hydrogen-bond donors (Lipinski definition) is 0. The fraction of sp³-hybridized carbons (Fsp3) is 0. The molecule has 0 atom stereocenters. The van der Waals surface area contributed by atoms with Crippen molar-refractivity contribution in [3.63, 3.8) is 0 Å². The monoisotopic (exact) mass is 194 g/mol. The summed E-state index contributed by atoms with van der Waals surface area (Å²) in [4.78, 5) is 0. The molecule has 0 radical (unpaired) electrons. The van der Waals surface area contributed by atoms with E-state index in [-0.39, 0.29) is 0 Å². The summed E-state index contributed by atoms with van der Waals surface area (Å²) in [6.07, 6.45) is 0. The molecule has 0 aliphatic carbocycles. The SMILES string of the molecule is O=[PH]=O.[S]=[Mo]. The van der Waals surface area contributed by atoms with Gasteiger partial charge >= 0.3 is 36.2 Å². The molecule has 0 saturated heterocycles. The van der Waals surface area contributed by atoms with E-state index in [1.165, 1.54) is 18.0 Å². The van der Waals surface area contributed by atoms with Crippen molar-refractivity contribution >= 4 is 18.2 Å². The molecule has 0 rings (SSSR count). The van der Waals surface area contributed by atoms with E-state index in [0.29, 0.717) is 0 Å². The van der Waals surface area contributed by atoms with E-state index in [9.17, 15) is 0 Å². The summed E-state index contributed by atoms with van der Waals surface area (Å²) >= 11 is 1.53. The van der Waals surface area contributed by atoms with Crippen LogP contribution in [0.25, 0.3) is 0 Å². The molecule has 0 unspecified atom stereocenters. The quantitative estimate of drug-likeness (QED) is 0.424. The van der Waals surface area contributed by atoms with E-state index < -0.39 is 8.34 Å². The molecule has 0 fully saturated rings. The van der Waals surface area contributed by atoms with Crippen LogP contribution in [0.3, 0.4) is 0 Å². The molecular weight excluding hydrogens is 191 g/mol. The van der Waals surface area contributed by atoms with Gasteiger partial charge in [0.25, 0.3) is 0 Å². The van der Waals surface area contributed by atoms with Gasteiger partial charge in [-0.2, -0.15) is 0 Å². The second kappa shape index (κ2) is 21.3. The second-order valence-corrected chi connectivity index (χ2v) is 0.250. The Bertz CT molecular complexity index is 38.9. The molecule has 0 aromatic rings. The molecule has 2 nitrogen and oxygen atoms in total. The van der Waals surface area contributed by atoms with Crippen molar-refractivity contribution in [1.82, 2.24) is 0 Å². The first kappa shape index (κ1) is 9.26. The van der Waals surface area contributed by atoms with Crippen LogP contribution in [0.2, 0.25) is 0 Å². The zero-order valence-corrected chi connectivity index (χ0v) is 5.96. The molecule has 0 aliphatic heterocycles. The minimum atomic E-state index is -1.42. The van der Waals surface area contributed by atoms with Crippen LogP contribution in [-0.2, 0) is 27.1 Å². The standard InChI is InChI=1S/Mo.HO2P.S/c;1-3-2;/h;3H;. The van der Waals surface area contributed by atoms with Gasteiger partial charge in [-0.1, -0.05) is 0 Å². The fourth-order valence-corrected chi connectivity index (χ4v) is 0. The molecule has 0 aromatic heterocycles. The molecule has 0 bridgehead atoms. The van der Waals surface area contributed by atoms with Gasteiger partial charge in [-0.3, -0.25) is 0 Å². The molecule has 0 N–H and O–H groups in total. The summed E-state index contributed by atoms with van der Waals surface area (Å²) in [5, 5.41) is 0. The van der Waals surface area contributed by atoms with Gasteiger partial charge in [-0.25, -0.2) is 9.13 Å². The van der Waals surface area contributed by atoms with E-state index in [2.05, 4.69) is 9.82 Å². The molecule has 0 spiro atoms. The summed E-state index contributed by atoms with van der Waals surface area (Å²) in [7, 11) is 2.68. The first-order chi connectivity index (χ1) is 2.41. The van der Waals surface area contributed by atoms with Crippen LogP contribution in [0.1, 0.15) is 0 Å². The third kappa shape index (κ3) is 58.0. The van der Waals surface area contributed by atoms with Gasteiger partial charge < -0.3 is 0 Å². The Hall–Kier alpha value is 0.808. The summed E-state index contributed by atoms with van der Waals surface area (Å²) in [5.74, 6) is 0. The Labute approximate surface area is 45.5 Å². The molecular formula is HMoO2PS. The van der Waals surface area contributed by atoms with Gasteiger partial charge in [0, 0.05) is 0 Å². The molecule has 5 heteroatoms. The minimum absolute atomic E-state index is 1.42. The molecule has 0 amide bonds. The van der Waals surface area contributed by atoms with Crippen LogP contribution in [-0.4, -0.2) is 0 Å². The zero-order valence-electron chi connectivity index (χ0n) is 2.13. The Balaban J connectivity index is 0. The average molecular weight is 192 g/mol.